The van der Waals surface area contributed by atoms with Crippen LogP contribution in [0.4, 0.5) is 4.39 Å². The quantitative estimate of drug-likeness (QED) is 0.587. The second kappa shape index (κ2) is 4.99. The van der Waals surface area contributed by atoms with E-state index in [4.69, 9.17) is 0 Å². The Bertz CT molecular complexity index is 785. The Labute approximate surface area is 132 Å². The Morgan fingerprint density at radius 2 is 1.45 bits per heavy atom. The van der Waals surface area contributed by atoms with Crippen molar-refractivity contribution in [3.63, 3.8) is 0 Å². The Balaban J connectivity index is 1.99. The van der Waals surface area contributed by atoms with Gasteiger partial charge in [0.15, 0.2) is 0 Å². The maximum Gasteiger partial charge on any atom is 0.124 e. The fraction of sp³-hybridized carbons (Fsp3) is 0.333. The highest BCUT2D eigenvalue weighted by Crippen LogP contribution is 2.49. The number of hydrogen-bond acceptors (Lipinski definition) is 0. The highest BCUT2D eigenvalue weighted by atomic mass is 19.1. The second-order valence-corrected chi connectivity index (χ2v) is 7.47. The Hall–Kier alpha value is -2.07. The maximum absolute atomic E-state index is 13.2. The van der Waals surface area contributed by atoms with E-state index in [1.165, 1.54) is 23.3 Å². The van der Waals surface area contributed by atoms with Gasteiger partial charge in [0.2, 0.25) is 0 Å². The lowest BCUT2D eigenvalue weighted by atomic mass is 9.82. The van der Waals surface area contributed by atoms with E-state index in [1.54, 1.807) is 6.07 Å². The smallest absolute Gasteiger partial charge is 0.124 e. The molecule has 22 heavy (non-hydrogen) atoms. The zero-order valence-electron chi connectivity index (χ0n) is 13.6. The van der Waals surface area contributed by atoms with Gasteiger partial charge in [0.25, 0.3) is 0 Å². The van der Waals surface area contributed by atoms with Crippen molar-refractivity contribution in [1.82, 2.24) is 0 Å². The fourth-order valence-electron chi connectivity index (χ4n) is 3.78. The molecule has 0 bridgehead atoms. The molecule has 2 aromatic carbocycles. The second-order valence-electron chi connectivity index (χ2n) is 7.47. The molecule has 0 atom stereocenters. The van der Waals surface area contributed by atoms with Crippen LogP contribution in [0.1, 0.15) is 56.4 Å². The monoisotopic (exact) mass is 292 g/mol. The number of hydrogen-bond donors (Lipinski definition) is 0. The van der Waals surface area contributed by atoms with Crippen LogP contribution >= 0.6 is 0 Å². The van der Waals surface area contributed by atoms with Crippen LogP contribution < -0.4 is 0 Å². The van der Waals surface area contributed by atoms with E-state index in [9.17, 15) is 4.39 Å². The first kappa shape index (κ1) is 14.9. The minimum absolute atomic E-state index is 0.176. The van der Waals surface area contributed by atoms with Crippen LogP contribution in [0.3, 0.4) is 0 Å². The molecule has 0 fully saturated rings. The molecule has 0 saturated heterocycles. The first-order valence-electron chi connectivity index (χ1n) is 7.71. The lowest BCUT2D eigenvalue weighted by Crippen LogP contribution is -2.17. The van der Waals surface area contributed by atoms with Gasteiger partial charge in [-0.05, 0) is 58.7 Å². The summed E-state index contributed by atoms with van der Waals surface area (Å²) in [6.45, 7) is 9.20. The van der Waals surface area contributed by atoms with E-state index in [2.05, 4.69) is 57.7 Å². The summed E-state index contributed by atoms with van der Waals surface area (Å²) in [7, 11) is 0. The first-order chi connectivity index (χ1) is 10.3. The van der Waals surface area contributed by atoms with Crippen molar-refractivity contribution in [2.24, 2.45) is 0 Å². The van der Waals surface area contributed by atoms with Gasteiger partial charge >= 0.3 is 0 Å². The van der Waals surface area contributed by atoms with Crippen LogP contribution in [0.15, 0.2) is 42.5 Å². The van der Waals surface area contributed by atoms with Crippen LogP contribution in [-0.2, 0) is 10.8 Å². The fourth-order valence-corrected chi connectivity index (χ4v) is 3.78. The minimum atomic E-state index is -0.247. The van der Waals surface area contributed by atoms with Gasteiger partial charge in [-0.25, -0.2) is 4.39 Å². The molecule has 0 radical (unpaired) electrons. The van der Waals surface area contributed by atoms with Crippen LogP contribution in [-0.4, -0.2) is 0 Å². The highest BCUT2D eigenvalue weighted by Gasteiger charge is 2.41. The van der Waals surface area contributed by atoms with Gasteiger partial charge in [0.05, 0.1) is 0 Å². The van der Waals surface area contributed by atoms with Gasteiger partial charge in [-0.15, -0.1) is 0 Å². The Morgan fingerprint density at radius 3 is 2.14 bits per heavy atom. The Kier molecular flexibility index (Phi) is 3.37. The number of fused-ring (bicyclic) bond motifs is 1. The zero-order valence-corrected chi connectivity index (χ0v) is 13.6. The van der Waals surface area contributed by atoms with Crippen molar-refractivity contribution >= 4 is 0 Å². The summed E-state index contributed by atoms with van der Waals surface area (Å²) in [5, 5.41) is 0. The summed E-state index contributed by atoms with van der Waals surface area (Å²) in [5.74, 6) is 5.97. The SMILES string of the molecule is CC1(C)CC(C)(C)c2cc(C#Cc3cccc(F)c3)ccc21. The summed E-state index contributed by atoms with van der Waals surface area (Å²) in [6.07, 6.45) is 1.15. The largest absolute Gasteiger partial charge is 0.207 e. The van der Waals surface area contributed by atoms with Crippen molar-refractivity contribution < 1.29 is 4.39 Å². The predicted octanol–water partition coefficient (Wildman–Crippen LogP) is 5.18. The van der Waals surface area contributed by atoms with Crippen LogP contribution in [0, 0.1) is 17.7 Å². The molecule has 1 heteroatoms. The molecule has 0 unspecified atom stereocenters. The summed E-state index contributed by atoms with van der Waals surface area (Å²) < 4.78 is 13.2. The molecular weight excluding hydrogens is 271 g/mol. The standard InChI is InChI=1S/C21H21F/c1-20(2)14-21(3,4)19-13-16(10-11-18(19)20)9-8-15-6-5-7-17(22)12-15/h5-7,10-13H,14H2,1-4H3. The normalized spacial score (nSPS) is 17.5. The van der Waals surface area contributed by atoms with Crippen molar-refractivity contribution in [1.29, 1.82) is 0 Å². The molecule has 0 heterocycles. The predicted molar refractivity (Wildman–Crippen MR) is 89.5 cm³/mol. The number of benzene rings is 2. The van der Waals surface area contributed by atoms with Crippen molar-refractivity contribution in [2.45, 2.75) is 44.9 Å². The summed E-state index contributed by atoms with van der Waals surface area (Å²) in [4.78, 5) is 0. The van der Waals surface area contributed by atoms with Crippen molar-refractivity contribution in [2.75, 3.05) is 0 Å². The van der Waals surface area contributed by atoms with Gasteiger partial charge in [-0.1, -0.05) is 51.7 Å². The van der Waals surface area contributed by atoms with Gasteiger partial charge in [-0.3, -0.25) is 0 Å². The van der Waals surface area contributed by atoms with E-state index in [-0.39, 0.29) is 16.6 Å². The minimum Gasteiger partial charge on any atom is -0.207 e. The average Bonchev–Trinajstić information content (AvgIpc) is 2.62. The summed E-state index contributed by atoms with van der Waals surface area (Å²) >= 11 is 0. The molecule has 112 valence electrons. The molecule has 3 rings (SSSR count). The number of rotatable bonds is 0. The van der Waals surface area contributed by atoms with Crippen molar-refractivity contribution in [3.05, 3.63) is 70.5 Å². The average molecular weight is 292 g/mol. The van der Waals surface area contributed by atoms with Gasteiger partial charge in [0, 0.05) is 11.1 Å². The maximum atomic E-state index is 13.2. The van der Waals surface area contributed by atoms with Gasteiger partial charge in [0.1, 0.15) is 5.82 Å². The first-order valence-corrected chi connectivity index (χ1v) is 7.71. The summed E-state index contributed by atoms with van der Waals surface area (Å²) in [6, 6.07) is 12.9. The van der Waals surface area contributed by atoms with Gasteiger partial charge in [-0.2, -0.15) is 0 Å². The topological polar surface area (TPSA) is 0 Å². The van der Waals surface area contributed by atoms with E-state index in [0.717, 1.165) is 12.0 Å². The van der Waals surface area contributed by atoms with Crippen LogP contribution in [0.2, 0.25) is 0 Å². The van der Waals surface area contributed by atoms with E-state index in [1.807, 2.05) is 6.07 Å². The molecule has 0 aliphatic heterocycles. The third kappa shape index (κ3) is 2.66. The van der Waals surface area contributed by atoms with Crippen LogP contribution in [0.5, 0.6) is 0 Å². The molecule has 1 aliphatic rings. The molecule has 2 aromatic rings. The van der Waals surface area contributed by atoms with E-state index in [0.29, 0.717) is 5.56 Å². The molecule has 0 spiro atoms. The Morgan fingerprint density at radius 1 is 0.818 bits per heavy atom. The lowest BCUT2D eigenvalue weighted by Gasteiger charge is -2.22. The molecule has 0 aromatic heterocycles. The van der Waals surface area contributed by atoms with Crippen molar-refractivity contribution in [3.8, 4) is 11.8 Å². The van der Waals surface area contributed by atoms with E-state index < -0.39 is 0 Å². The number of halogens is 1. The molecule has 0 saturated carbocycles. The summed E-state index contributed by atoms with van der Waals surface area (Å²) in [5.41, 5.74) is 4.91. The van der Waals surface area contributed by atoms with E-state index >= 15 is 0 Å². The van der Waals surface area contributed by atoms with Gasteiger partial charge < -0.3 is 0 Å². The molecule has 0 amide bonds. The molecular formula is C21H21F. The third-order valence-electron chi connectivity index (χ3n) is 4.54. The molecule has 0 N–H and O–H groups in total. The third-order valence-corrected chi connectivity index (χ3v) is 4.54. The highest BCUT2D eigenvalue weighted by molar-refractivity contribution is 5.51. The van der Waals surface area contributed by atoms with Crippen LogP contribution in [0.25, 0.3) is 0 Å². The molecule has 0 nitrogen and oxygen atoms in total. The zero-order chi connectivity index (χ0) is 16.0. The lowest BCUT2D eigenvalue weighted by molar-refractivity contribution is 0.403. The molecule has 1 aliphatic carbocycles.